The van der Waals surface area contributed by atoms with Crippen molar-refractivity contribution in [1.82, 2.24) is 9.97 Å². The molecule has 0 bridgehead atoms. The van der Waals surface area contributed by atoms with Crippen molar-refractivity contribution in [3.8, 4) is 0 Å². The molecule has 3 aromatic rings. The summed E-state index contributed by atoms with van der Waals surface area (Å²) < 4.78 is 0. The van der Waals surface area contributed by atoms with E-state index in [1.54, 1.807) is 11.3 Å². The second-order valence-corrected chi connectivity index (χ2v) is 6.00. The second kappa shape index (κ2) is 4.63. The Balaban J connectivity index is 2.01. The number of thiophene rings is 1. The lowest BCUT2D eigenvalue weighted by Gasteiger charge is -2.03. The number of aryl methyl sites for hydroxylation is 2. The fraction of sp³-hybridized carbons (Fsp3) is 0.200. The Morgan fingerprint density at radius 2 is 2.00 bits per heavy atom. The average molecular weight is 269 g/mol. The van der Waals surface area contributed by atoms with Crippen LogP contribution in [0.3, 0.4) is 0 Å². The van der Waals surface area contributed by atoms with Crippen molar-refractivity contribution in [2.24, 2.45) is 0 Å². The predicted molar refractivity (Wildman–Crippen MR) is 80.5 cm³/mol. The van der Waals surface area contributed by atoms with Crippen molar-refractivity contribution in [2.45, 2.75) is 20.3 Å². The number of fused-ring (bicyclic) bond motifs is 1. The topological polar surface area (TPSA) is 51.8 Å². The first-order valence-electron chi connectivity index (χ1n) is 6.20. The van der Waals surface area contributed by atoms with Crippen LogP contribution < -0.4 is 5.73 Å². The summed E-state index contributed by atoms with van der Waals surface area (Å²) in [5, 5.41) is 0.968. The van der Waals surface area contributed by atoms with Gasteiger partial charge in [0.2, 0.25) is 0 Å². The van der Waals surface area contributed by atoms with Crippen LogP contribution in [0.1, 0.15) is 21.8 Å². The van der Waals surface area contributed by atoms with Crippen molar-refractivity contribution >= 4 is 27.4 Å². The first kappa shape index (κ1) is 12.1. The zero-order valence-electron chi connectivity index (χ0n) is 11.0. The van der Waals surface area contributed by atoms with Gasteiger partial charge in [0.1, 0.15) is 16.5 Å². The van der Waals surface area contributed by atoms with Crippen LogP contribution in [0.15, 0.2) is 30.3 Å². The molecule has 0 amide bonds. The standard InChI is InChI=1S/C15H15N3S/c1-9-4-3-5-11(6-9)8-13-17-14(16)12-7-10(2)19-15(12)18-13/h3-7H,8H2,1-2H3,(H2,16,17,18). The lowest BCUT2D eigenvalue weighted by Crippen LogP contribution is -2.00. The highest BCUT2D eigenvalue weighted by molar-refractivity contribution is 7.18. The van der Waals surface area contributed by atoms with E-state index in [2.05, 4.69) is 48.1 Å². The van der Waals surface area contributed by atoms with Gasteiger partial charge in [-0.1, -0.05) is 29.8 Å². The minimum absolute atomic E-state index is 0.581. The highest BCUT2D eigenvalue weighted by atomic mass is 32.1. The minimum Gasteiger partial charge on any atom is -0.383 e. The molecule has 2 N–H and O–H groups in total. The van der Waals surface area contributed by atoms with Crippen LogP contribution in [-0.4, -0.2) is 9.97 Å². The van der Waals surface area contributed by atoms with Gasteiger partial charge in [-0.3, -0.25) is 0 Å². The van der Waals surface area contributed by atoms with Crippen LogP contribution in [0, 0.1) is 13.8 Å². The Kier molecular flexibility index (Phi) is 2.95. The molecule has 1 aromatic carbocycles. The Hall–Kier alpha value is -1.94. The van der Waals surface area contributed by atoms with E-state index in [4.69, 9.17) is 5.73 Å². The molecule has 0 aliphatic rings. The highest BCUT2D eigenvalue weighted by Gasteiger charge is 2.08. The third-order valence-electron chi connectivity index (χ3n) is 3.04. The number of anilines is 1. The summed E-state index contributed by atoms with van der Waals surface area (Å²) in [5.41, 5.74) is 8.47. The van der Waals surface area contributed by atoms with E-state index in [0.717, 1.165) is 22.5 Å². The summed E-state index contributed by atoms with van der Waals surface area (Å²) in [6.45, 7) is 4.15. The monoisotopic (exact) mass is 269 g/mol. The number of hydrogen-bond donors (Lipinski definition) is 1. The van der Waals surface area contributed by atoms with E-state index in [0.29, 0.717) is 5.82 Å². The molecular formula is C15H15N3S. The van der Waals surface area contributed by atoms with Gasteiger partial charge in [0, 0.05) is 11.3 Å². The fourth-order valence-electron chi connectivity index (χ4n) is 2.19. The number of nitrogens with two attached hydrogens (primary N) is 1. The van der Waals surface area contributed by atoms with E-state index in [1.807, 2.05) is 6.07 Å². The smallest absolute Gasteiger partial charge is 0.136 e. The van der Waals surface area contributed by atoms with Crippen LogP contribution in [0.4, 0.5) is 5.82 Å². The molecule has 2 heterocycles. The van der Waals surface area contributed by atoms with Gasteiger partial charge in [0.25, 0.3) is 0 Å². The Bertz CT molecular complexity index is 746. The number of aromatic nitrogens is 2. The highest BCUT2D eigenvalue weighted by Crippen LogP contribution is 2.27. The SMILES string of the molecule is Cc1cccc(Cc2nc(N)c3cc(C)sc3n2)c1. The van der Waals surface area contributed by atoms with Crippen molar-refractivity contribution < 1.29 is 0 Å². The van der Waals surface area contributed by atoms with Crippen LogP contribution >= 0.6 is 11.3 Å². The molecule has 0 radical (unpaired) electrons. The first-order valence-corrected chi connectivity index (χ1v) is 7.01. The maximum Gasteiger partial charge on any atom is 0.136 e. The van der Waals surface area contributed by atoms with Crippen LogP contribution in [0.5, 0.6) is 0 Å². The number of benzene rings is 1. The molecule has 0 saturated heterocycles. The molecule has 0 aliphatic carbocycles. The van der Waals surface area contributed by atoms with E-state index < -0.39 is 0 Å². The summed E-state index contributed by atoms with van der Waals surface area (Å²) in [5.74, 6) is 1.37. The molecule has 0 saturated carbocycles. The lowest BCUT2D eigenvalue weighted by molar-refractivity contribution is 1.00. The quantitative estimate of drug-likeness (QED) is 0.775. The molecule has 0 unspecified atom stereocenters. The zero-order chi connectivity index (χ0) is 13.4. The first-order chi connectivity index (χ1) is 9.11. The van der Waals surface area contributed by atoms with Crippen LogP contribution in [0.25, 0.3) is 10.2 Å². The van der Waals surface area contributed by atoms with Gasteiger partial charge in [-0.05, 0) is 25.5 Å². The van der Waals surface area contributed by atoms with Crippen molar-refractivity contribution in [3.05, 3.63) is 52.2 Å². The van der Waals surface area contributed by atoms with Gasteiger partial charge in [-0.2, -0.15) is 0 Å². The Labute approximate surface area is 116 Å². The zero-order valence-corrected chi connectivity index (χ0v) is 11.8. The van der Waals surface area contributed by atoms with Gasteiger partial charge >= 0.3 is 0 Å². The third kappa shape index (κ3) is 2.44. The van der Waals surface area contributed by atoms with Gasteiger partial charge in [0.15, 0.2) is 0 Å². The fourth-order valence-corrected chi connectivity index (χ4v) is 3.10. The summed E-state index contributed by atoms with van der Waals surface area (Å²) in [6, 6.07) is 10.4. The van der Waals surface area contributed by atoms with E-state index in [-0.39, 0.29) is 0 Å². The number of nitrogens with zero attached hydrogens (tertiary/aromatic N) is 2. The van der Waals surface area contributed by atoms with E-state index in [1.165, 1.54) is 16.0 Å². The molecule has 3 nitrogen and oxygen atoms in total. The van der Waals surface area contributed by atoms with Crippen molar-refractivity contribution in [3.63, 3.8) is 0 Å². The molecule has 2 aromatic heterocycles. The van der Waals surface area contributed by atoms with Gasteiger partial charge in [-0.15, -0.1) is 11.3 Å². The molecule has 3 rings (SSSR count). The molecule has 0 spiro atoms. The van der Waals surface area contributed by atoms with Crippen LogP contribution in [0.2, 0.25) is 0 Å². The van der Waals surface area contributed by atoms with Gasteiger partial charge in [0.05, 0.1) is 5.39 Å². The van der Waals surface area contributed by atoms with Gasteiger partial charge in [-0.25, -0.2) is 9.97 Å². The summed E-state index contributed by atoms with van der Waals surface area (Å²) in [4.78, 5) is 11.2. The number of nitrogen functional groups attached to an aromatic ring is 1. The summed E-state index contributed by atoms with van der Waals surface area (Å²) in [6.07, 6.45) is 0.721. The molecule has 0 atom stereocenters. The number of rotatable bonds is 2. The van der Waals surface area contributed by atoms with E-state index in [9.17, 15) is 0 Å². The summed E-state index contributed by atoms with van der Waals surface area (Å²) >= 11 is 1.66. The maximum absolute atomic E-state index is 6.01. The third-order valence-corrected chi connectivity index (χ3v) is 3.98. The Morgan fingerprint density at radius 1 is 1.16 bits per heavy atom. The van der Waals surface area contributed by atoms with Crippen LogP contribution in [-0.2, 0) is 6.42 Å². The molecular weight excluding hydrogens is 254 g/mol. The average Bonchev–Trinajstić information content (AvgIpc) is 2.70. The predicted octanol–water partition coefficient (Wildman–Crippen LogP) is 3.48. The molecule has 19 heavy (non-hydrogen) atoms. The molecule has 0 fully saturated rings. The maximum atomic E-state index is 6.01. The van der Waals surface area contributed by atoms with Crippen molar-refractivity contribution in [2.75, 3.05) is 5.73 Å². The molecule has 0 aliphatic heterocycles. The van der Waals surface area contributed by atoms with Crippen molar-refractivity contribution in [1.29, 1.82) is 0 Å². The summed E-state index contributed by atoms with van der Waals surface area (Å²) in [7, 11) is 0. The second-order valence-electron chi connectivity index (χ2n) is 4.77. The lowest BCUT2D eigenvalue weighted by atomic mass is 10.1. The molecule has 96 valence electrons. The van der Waals surface area contributed by atoms with E-state index >= 15 is 0 Å². The normalized spacial score (nSPS) is 11.1. The number of hydrogen-bond acceptors (Lipinski definition) is 4. The van der Waals surface area contributed by atoms with Gasteiger partial charge < -0.3 is 5.73 Å². The minimum atomic E-state index is 0.581. The largest absolute Gasteiger partial charge is 0.383 e. The Morgan fingerprint density at radius 3 is 2.79 bits per heavy atom. The molecule has 4 heteroatoms.